The first-order chi connectivity index (χ1) is 64.9. The van der Waals surface area contributed by atoms with Crippen molar-refractivity contribution in [2.75, 3.05) is 102 Å². The van der Waals surface area contributed by atoms with Crippen LogP contribution in [-0.4, -0.2) is 202 Å². The van der Waals surface area contributed by atoms with Gasteiger partial charge in [-0.2, -0.15) is 31.6 Å². The predicted molar refractivity (Wildman–Crippen MR) is 473 cm³/mol. The number of pyridine rings is 4. The summed E-state index contributed by atoms with van der Waals surface area (Å²) < 4.78 is 222. The van der Waals surface area contributed by atoms with Crippen LogP contribution in [0.5, 0.6) is 5.75 Å². The number of fused-ring (bicyclic) bond motifs is 3. The van der Waals surface area contributed by atoms with Gasteiger partial charge in [0.25, 0.3) is 17.7 Å². The van der Waals surface area contributed by atoms with Crippen LogP contribution >= 0.6 is 11.6 Å². The van der Waals surface area contributed by atoms with Crippen molar-refractivity contribution in [3.05, 3.63) is 260 Å². The molecule has 6 atom stereocenters. The normalized spacial score (nSPS) is 15.8. The third-order valence-electron chi connectivity index (χ3n) is 23.0. The second-order valence-electron chi connectivity index (χ2n) is 31.8. The summed E-state index contributed by atoms with van der Waals surface area (Å²) in [4.78, 5) is 108. The molecule has 0 radical (unpaired) electrons. The number of morpholine rings is 3. The van der Waals surface area contributed by atoms with Crippen molar-refractivity contribution in [1.82, 2.24) is 45.9 Å². The fourth-order valence-electron chi connectivity index (χ4n) is 16.2. The molecule has 136 heavy (non-hydrogen) atoms. The minimum atomic E-state index is -4.74. The van der Waals surface area contributed by atoms with Gasteiger partial charge in [-0.05, 0) is 121 Å². The number of carbonyl (C=O) groups is 6. The van der Waals surface area contributed by atoms with Gasteiger partial charge in [-0.25, -0.2) is 60.1 Å². The number of esters is 3. The standard InChI is InChI=1S/C34H31ClF2N4O4.C32H29F5N4O5.C30H25F6N5O4/c1-19(2)30-18-45-12-11-41(30)22-15-27(36)31(28(37)16-22)33(42)40-29(34(43)44-3)14-21-7-9-25(32-23(21)5-4-10-39-32)24-8-6-20(17-38)13-26(24)35;1-17-6-9-25(44-2)29(39-17)21-8-7-18(20-5-4-10-38-28(20)21)13-24(31(43)45-3)40-30(42)27-22(33)14-19(15-23(27)34)41-11-12-46-16-26(41)32(35,36)37;1-15-22(33)13-38-27(39-15)19-6-5-16(18-4-3-7-37-26(18)19)10-23(29(43)44-2)40-28(42)25-20(31)11-17(12-21(25)32)41-8-9-45-14-24(41)30(34,35)36/h4-10,13,15-16,19,29-30H,11-12,14,18H2,1-3H3,(H,40,42);4-10,14-15,24,26H,11-13,16H2,1-3H3,(H,40,42);3-7,11-13,23-24H,8-10,14H2,1-2H3,(H,40,42)/t29-,30+;24-,26-;23-,24+/m000/s1. The van der Waals surface area contributed by atoms with Crippen LogP contribution in [0.15, 0.2) is 164 Å². The highest BCUT2D eigenvalue weighted by atomic mass is 35.5. The van der Waals surface area contributed by atoms with Crippen LogP contribution < -0.4 is 35.4 Å². The minimum absolute atomic E-state index is 0.0485. The number of rotatable bonds is 23. The van der Waals surface area contributed by atoms with Crippen LogP contribution in [0.2, 0.25) is 5.02 Å². The Hall–Kier alpha value is -14.2. The zero-order chi connectivity index (χ0) is 97.9. The lowest BCUT2D eigenvalue weighted by Crippen LogP contribution is -2.53. The predicted octanol–water partition coefficient (Wildman–Crippen LogP) is 16.0. The SMILES string of the molecule is COC(=O)[C@H](Cc1ccc(-c2ccc(C#N)cc2Cl)c2ncccc12)NC(=O)c1c(F)cc(N2CCOC[C@@H]2C(C)C)cc1F.COC(=O)[C@H](Cc1ccc(-c2nc(C)ccc2OC)c2ncccc12)NC(=O)c1c(F)cc(N2CCOC[C@H]2C(F)(F)F)cc1F.COC(=O)[C@H](Cc1ccc(-c2ncc(F)c(C)n2)c2ncccc12)NC(=O)c1c(F)cc(N2CCOC[C@@H]2C(F)(F)F)cc1F. The van der Waals surface area contributed by atoms with Crippen molar-refractivity contribution in [1.29, 1.82) is 5.26 Å². The van der Waals surface area contributed by atoms with Gasteiger partial charge in [-0.3, -0.25) is 29.3 Å². The molecule has 7 aromatic carbocycles. The molecule has 8 heterocycles. The Kier molecular flexibility index (Phi) is 31.4. The van der Waals surface area contributed by atoms with Gasteiger partial charge in [0, 0.05) is 124 Å². The molecular weight excluding hydrogens is 1830 g/mol. The Morgan fingerprint density at radius 1 is 0.478 bits per heavy atom. The van der Waals surface area contributed by atoms with Gasteiger partial charge >= 0.3 is 30.3 Å². The summed E-state index contributed by atoms with van der Waals surface area (Å²) in [5, 5.41) is 18.5. The monoisotopic (exact) mass is 1910 g/mol. The van der Waals surface area contributed by atoms with E-state index in [1.165, 1.54) is 27.3 Å². The average Bonchev–Trinajstić information content (AvgIpc) is 0.775. The summed E-state index contributed by atoms with van der Waals surface area (Å²) >= 11 is 6.49. The molecule has 0 unspecified atom stereocenters. The molecule has 0 bridgehead atoms. The number of methoxy groups -OCH3 is 4. The largest absolute Gasteiger partial charge is 0.494 e. The van der Waals surface area contributed by atoms with Crippen molar-refractivity contribution in [3.63, 3.8) is 0 Å². The first kappa shape index (κ1) is 99.3. The third kappa shape index (κ3) is 22.2. The number of benzene rings is 7. The number of aryl methyl sites for hydroxylation is 2. The van der Waals surface area contributed by atoms with Gasteiger partial charge in [0.15, 0.2) is 11.6 Å². The fraction of sp³-hybridized carbons (Fsp3) is 0.302. The van der Waals surface area contributed by atoms with Crippen molar-refractivity contribution in [2.45, 2.75) is 95.6 Å². The zero-order valence-corrected chi connectivity index (χ0v) is 74.4. The van der Waals surface area contributed by atoms with Crippen LogP contribution in [0.25, 0.3) is 66.5 Å². The molecule has 5 aromatic heterocycles. The average molecular weight is 1910 g/mol. The highest BCUT2D eigenvalue weighted by Gasteiger charge is 2.48. The Bertz CT molecular complexity index is 6530. The number of nitrogens with zero attached hydrogens (tertiary/aromatic N) is 10. The van der Waals surface area contributed by atoms with Crippen LogP contribution in [0.1, 0.15) is 78.6 Å². The smallest absolute Gasteiger partial charge is 0.411 e. The van der Waals surface area contributed by atoms with Gasteiger partial charge in [0.2, 0.25) is 0 Å². The molecule has 3 fully saturated rings. The molecule has 3 aliphatic rings. The van der Waals surface area contributed by atoms with Crippen LogP contribution in [0.4, 0.5) is 74.1 Å². The van der Waals surface area contributed by atoms with E-state index in [0.717, 1.165) is 48.0 Å². The lowest BCUT2D eigenvalue weighted by molar-refractivity contribution is -0.167. The van der Waals surface area contributed by atoms with E-state index in [1.807, 2.05) is 31.7 Å². The first-order valence-electron chi connectivity index (χ1n) is 42.0. The zero-order valence-electron chi connectivity index (χ0n) is 73.7. The molecule has 3 N–H and O–H groups in total. The number of nitrogens with one attached hydrogen (secondary N) is 3. The van der Waals surface area contributed by atoms with Crippen LogP contribution in [0.3, 0.4) is 0 Å². The first-order valence-corrected chi connectivity index (χ1v) is 42.4. The van der Waals surface area contributed by atoms with Gasteiger partial charge < -0.3 is 63.8 Å². The number of aromatic nitrogens is 6. The van der Waals surface area contributed by atoms with E-state index in [9.17, 15) is 64.8 Å². The van der Waals surface area contributed by atoms with E-state index >= 15 is 26.3 Å². The Balaban J connectivity index is 0.000000173. The van der Waals surface area contributed by atoms with E-state index in [1.54, 1.807) is 109 Å². The quantitative estimate of drug-likeness (QED) is 0.0304. The number of halogens is 14. The van der Waals surface area contributed by atoms with Crippen molar-refractivity contribution in [2.24, 2.45) is 5.92 Å². The summed E-state index contributed by atoms with van der Waals surface area (Å²) in [6.45, 7) is 6.44. The number of amides is 3. The summed E-state index contributed by atoms with van der Waals surface area (Å²) in [6, 6.07) is 27.5. The van der Waals surface area contributed by atoms with E-state index in [2.05, 4.69) is 51.9 Å². The maximum absolute atomic E-state index is 15.4. The van der Waals surface area contributed by atoms with Gasteiger partial charge in [0.05, 0.1) is 114 Å². The Morgan fingerprint density at radius 2 is 0.860 bits per heavy atom. The molecule has 3 amide bonds. The lowest BCUT2D eigenvalue weighted by atomic mass is 9.94. The van der Waals surface area contributed by atoms with Crippen molar-refractivity contribution >= 4 is 97.0 Å². The summed E-state index contributed by atoms with van der Waals surface area (Å²) in [5.74, 6) is -13.7. The minimum Gasteiger partial charge on any atom is -0.494 e. The number of carbonyl (C=O) groups excluding carboxylic acids is 6. The van der Waals surface area contributed by atoms with Gasteiger partial charge in [-0.15, -0.1) is 0 Å². The molecule has 0 spiro atoms. The molecular formula is C96H85ClF13N13O13. The number of nitriles is 1. The summed E-state index contributed by atoms with van der Waals surface area (Å²) in [6.07, 6.45) is -4.13. The lowest BCUT2D eigenvalue weighted by Gasteiger charge is -2.39. The van der Waals surface area contributed by atoms with Gasteiger partial charge in [-0.1, -0.05) is 80.0 Å². The molecule has 15 rings (SSSR count). The fourth-order valence-corrected chi connectivity index (χ4v) is 16.4. The van der Waals surface area contributed by atoms with E-state index < -0.39 is 160 Å². The molecule has 26 nitrogen and oxygen atoms in total. The second-order valence-corrected chi connectivity index (χ2v) is 32.2. The maximum Gasteiger partial charge on any atom is 0.411 e. The molecule has 40 heteroatoms. The van der Waals surface area contributed by atoms with Crippen molar-refractivity contribution in [3.8, 4) is 45.6 Å². The molecule has 3 saturated heterocycles. The molecule has 12 aromatic rings. The summed E-state index contributed by atoms with van der Waals surface area (Å²) in [7, 11) is 4.84. The number of anilines is 3. The van der Waals surface area contributed by atoms with E-state index in [4.69, 9.17) is 44.8 Å². The van der Waals surface area contributed by atoms with E-state index in [0.29, 0.717) is 143 Å². The number of hydrogen-bond acceptors (Lipinski definition) is 23. The summed E-state index contributed by atoms with van der Waals surface area (Å²) in [5.41, 5.74) is 4.03. The van der Waals surface area contributed by atoms with Crippen molar-refractivity contribution < 1.29 is 119 Å². The molecule has 3 aliphatic heterocycles. The number of hydrogen-bond donors (Lipinski definition) is 3. The number of ether oxygens (including phenoxy) is 7. The Labute approximate surface area is 773 Å². The topological polar surface area (TPSA) is 314 Å². The third-order valence-corrected chi connectivity index (χ3v) is 23.3. The highest BCUT2D eigenvalue weighted by Crippen LogP contribution is 2.41. The molecule has 0 saturated carbocycles. The number of alkyl halides is 6. The molecule has 0 aliphatic carbocycles. The second kappa shape index (κ2) is 43.0. The highest BCUT2D eigenvalue weighted by molar-refractivity contribution is 6.34. The maximum atomic E-state index is 15.4. The molecule has 710 valence electrons. The Morgan fingerprint density at radius 3 is 1.25 bits per heavy atom. The van der Waals surface area contributed by atoms with Gasteiger partial charge in [0.1, 0.15) is 93.2 Å². The van der Waals surface area contributed by atoms with Crippen LogP contribution in [0, 0.1) is 71.8 Å². The van der Waals surface area contributed by atoms with Crippen LogP contribution in [-0.2, 0) is 62.1 Å². The van der Waals surface area contributed by atoms with E-state index in [-0.39, 0.29) is 69.0 Å².